The number of nitriles is 1. The SMILES string of the molecule is BrC(Br)Br.C=CC#N. The van der Waals surface area contributed by atoms with Crippen molar-refractivity contribution < 1.29 is 0 Å². The fraction of sp³-hybridized carbons (Fsp3) is 0.250. The minimum Gasteiger partial charge on any atom is -0.193 e. The van der Waals surface area contributed by atoms with E-state index in [0.29, 0.717) is 0 Å². The third kappa shape index (κ3) is 76.9. The van der Waals surface area contributed by atoms with Crippen molar-refractivity contribution in [3.63, 3.8) is 0 Å². The van der Waals surface area contributed by atoms with E-state index in [9.17, 15) is 0 Å². The van der Waals surface area contributed by atoms with Gasteiger partial charge in [-0.1, -0.05) is 54.4 Å². The Morgan fingerprint density at radius 2 is 1.62 bits per heavy atom. The second-order valence-corrected chi connectivity index (χ2v) is 7.01. The Bertz CT molecular complexity index is 81.0. The van der Waals surface area contributed by atoms with Crippen LogP contribution in [0.15, 0.2) is 12.7 Å². The molecule has 0 amide bonds. The summed E-state index contributed by atoms with van der Waals surface area (Å²) in [5.41, 5.74) is 0. The summed E-state index contributed by atoms with van der Waals surface area (Å²) in [6, 6.07) is 1.69. The van der Waals surface area contributed by atoms with Gasteiger partial charge in [0, 0.05) is 6.08 Å². The van der Waals surface area contributed by atoms with Crippen LogP contribution < -0.4 is 0 Å². The standard InChI is InChI=1S/C3H3N.CHBr3/c1-2-3-4;2-1(3)4/h2H,1H2;1H. The van der Waals surface area contributed by atoms with Crippen LogP contribution in [-0.4, -0.2) is 2.65 Å². The van der Waals surface area contributed by atoms with Crippen LogP contribution in [0.5, 0.6) is 0 Å². The molecule has 4 heteroatoms. The minimum atomic E-state index is 0.271. The molecule has 0 aliphatic carbocycles. The van der Waals surface area contributed by atoms with E-state index in [1.165, 1.54) is 6.08 Å². The molecule has 0 bridgehead atoms. The number of allylic oxidation sites excluding steroid dienone is 1. The normalized spacial score (nSPS) is 6.38. The van der Waals surface area contributed by atoms with E-state index in [0.717, 1.165) is 0 Å². The molecule has 0 aromatic rings. The van der Waals surface area contributed by atoms with Crippen molar-refractivity contribution in [3.05, 3.63) is 12.7 Å². The number of rotatable bonds is 0. The van der Waals surface area contributed by atoms with E-state index in [1.54, 1.807) is 6.07 Å². The smallest absolute Gasteiger partial charge is 0.124 e. The predicted octanol–water partition coefficient (Wildman–Crippen LogP) is 3.15. The topological polar surface area (TPSA) is 23.8 Å². The number of nitrogens with zero attached hydrogens (tertiary/aromatic N) is 1. The van der Waals surface area contributed by atoms with Gasteiger partial charge in [-0.15, -0.1) is 0 Å². The molecule has 0 saturated heterocycles. The third-order valence-corrected chi connectivity index (χ3v) is 0.0913. The molecule has 0 atom stereocenters. The van der Waals surface area contributed by atoms with Gasteiger partial charge in [-0.25, -0.2) is 0 Å². The fourth-order valence-electron chi connectivity index (χ4n) is 0. The molecule has 1 nitrogen and oxygen atoms in total. The molecule has 46 valence electrons. The molecule has 0 aliphatic heterocycles. The fourth-order valence-corrected chi connectivity index (χ4v) is 0. The summed E-state index contributed by atoms with van der Waals surface area (Å²) in [7, 11) is 0. The van der Waals surface area contributed by atoms with Crippen molar-refractivity contribution in [2.45, 2.75) is 2.65 Å². The van der Waals surface area contributed by atoms with Crippen LogP contribution >= 0.6 is 47.8 Å². The zero-order chi connectivity index (χ0) is 6.99. The molecule has 0 rings (SSSR count). The number of hydrogen-bond donors (Lipinski definition) is 0. The van der Waals surface area contributed by atoms with E-state index < -0.39 is 0 Å². The average Bonchev–Trinajstić information content (AvgIpc) is 1.65. The summed E-state index contributed by atoms with van der Waals surface area (Å²) < 4.78 is 0.271. The van der Waals surface area contributed by atoms with Gasteiger partial charge in [-0.2, -0.15) is 5.26 Å². The lowest BCUT2D eigenvalue weighted by Crippen LogP contribution is -1.49. The number of alkyl halides is 3. The van der Waals surface area contributed by atoms with Crippen LogP contribution in [0.25, 0.3) is 0 Å². The molecule has 0 aromatic carbocycles. The van der Waals surface area contributed by atoms with Crippen LogP contribution in [0.4, 0.5) is 0 Å². The van der Waals surface area contributed by atoms with Crippen LogP contribution in [0.2, 0.25) is 0 Å². The molecule has 0 fully saturated rings. The Morgan fingerprint density at radius 1 is 1.50 bits per heavy atom. The van der Waals surface area contributed by atoms with E-state index in [2.05, 4.69) is 54.4 Å². The van der Waals surface area contributed by atoms with E-state index in [1.807, 2.05) is 0 Å². The van der Waals surface area contributed by atoms with Crippen molar-refractivity contribution >= 4 is 47.8 Å². The van der Waals surface area contributed by atoms with Gasteiger partial charge in [-0.05, 0) is 0 Å². The van der Waals surface area contributed by atoms with Crippen LogP contribution in [0.3, 0.4) is 0 Å². The lowest BCUT2D eigenvalue weighted by molar-refractivity contribution is 1.54. The van der Waals surface area contributed by atoms with Gasteiger partial charge in [0.05, 0.1) is 6.07 Å². The largest absolute Gasteiger partial charge is 0.193 e. The molecule has 0 saturated carbocycles. The molecular weight excluding hydrogens is 302 g/mol. The van der Waals surface area contributed by atoms with Crippen LogP contribution in [-0.2, 0) is 0 Å². The first-order chi connectivity index (χ1) is 3.65. The van der Waals surface area contributed by atoms with Crippen molar-refractivity contribution in [2.24, 2.45) is 0 Å². The second kappa shape index (κ2) is 10.6. The first kappa shape index (κ1) is 11.5. The molecule has 0 spiro atoms. The zero-order valence-corrected chi connectivity index (χ0v) is 8.70. The van der Waals surface area contributed by atoms with Crippen molar-refractivity contribution in [3.8, 4) is 6.07 Å². The lowest BCUT2D eigenvalue weighted by atomic mass is 10.8. The van der Waals surface area contributed by atoms with Gasteiger partial charge in [0.1, 0.15) is 2.65 Å². The summed E-state index contributed by atoms with van der Waals surface area (Å²) in [4.78, 5) is 0. The second-order valence-electron chi connectivity index (χ2n) is 0.581. The summed E-state index contributed by atoms with van der Waals surface area (Å²) in [5, 5.41) is 7.51. The van der Waals surface area contributed by atoms with Gasteiger partial charge in [0.25, 0.3) is 0 Å². The van der Waals surface area contributed by atoms with E-state index in [4.69, 9.17) is 5.26 Å². The maximum absolute atomic E-state index is 7.51. The number of hydrogen-bond acceptors (Lipinski definition) is 1. The molecule has 0 unspecified atom stereocenters. The van der Waals surface area contributed by atoms with E-state index >= 15 is 0 Å². The van der Waals surface area contributed by atoms with Crippen LogP contribution in [0.1, 0.15) is 0 Å². The highest BCUT2D eigenvalue weighted by molar-refractivity contribution is 9.38. The average molecular weight is 306 g/mol. The van der Waals surface area contributed by atoms with Gasteiger partial charge in [-0.3, -0.25) is 0 Å². The molecule has 0 aromatic heterocycles. The molecular formula is C4H4Br3N. The van der Waals surface area contributed by atoms with Crippen molar-refractivity contribution in [1.29, 1.82) is 5.26 Å². The number of halogens is 3. The van der Waals surface area contributed by atoms with Crippen molar-refractivity contribution in [1.82, 2.24) is 0 Å². The summed E-state index contributed by atoms with van der Waals surface area (Å²) in [6.45, 7) is 3.12. The highest BCUT2D eigenvalue weighted by atomic mass is 80.0. The van der Waals surface area contributed by atoms with E-state index in [-0.39, 0.29) is 2.65 Å². The Hall–Kier alpha value is 0.670. The minimum absolute atomic E-state index is 0.271. The molecule has 8 heavy (non-hydrogen) atoms. The Labute approximate surface area is 74.1 Å². The van der Waals surface area contributed by atoms with Crippen LogP contribution in [0, 0.1) is 11.3 Å². The maximum atomic E-state index is 7.51. The lowest BCUT2D eigenvalue weighted by Gasteiger charge is -1.70. The summed E-state index contributed by atoms with van der Waals surface area (Å²) >= 11 is 9.31. The van der Waals surface area contributed by atoms with Gasteiger partial charge in [0.2, 0.25) is 0 Å². The zero-order valence-electron chi connectivity index (χ0n) is 3.94. The van der Waals surface area contributed by atoms with Crippen molar-refractivity contribution in [2.75, 3.05) is 0 Å². The monoisotopic (exact) mass is 303 g/mol. The van der Waals surface area contributed by atoms with Gasteiger partial charge >= 0.3 is 0 Å². The van der Waals surface area contributed by atoms with Gasteiger partial charge in [0.15, 0.2) is 0 Å². The molecule has 0 radical (unpaired) electrons. The van der Waals surface area contributed by atoms with Gasteiger partial charge < -0.3 is 0 Å². The summed E-state index contributed by atoms with van der Waals surface area (Å²) in [5.74, 6) is 0. The highest BCUT2D eigenvalue weighted by Gasteiger charge is 1.77. The maximum Gasteiger partial charge on any atom is 0.124 e. The molecule has 0 aliphatic rings. The quantitative estimate of drug-likeness (QED) is 0.498. The predicted molar refractivity (Wildman–Crippen MR) is 46.4 cm³/mol. The first-order valence-corrected chi connectivity index (χ1v) is 4.32. The third-order valence-electron chi connectivity index (χ3n) is 0.0913. The Kier molecular flexibility index (Phi) is 15.2. The first-order valence-electron chi connectivity index (χ1n) is 1.58. The highest BCUT2D eigenvalue weighted by Crippen LogP contribution is 2.13. The molecule has 0 N–H and O–H groups in total. The summed E-state index contributed by atoms with van der Waals surface area (Å²) in [6.07, 6.45) is 1.18. The Balaban J connectivity index is 0. The Morgan fingerprint density at radius 3 is 1.62 bits per heavy atom. The molecule has 0 heterocycles.